The fourth-order valence-corrected chi connectivity index (χ4v) is 1.80. The Morgan fingerprint density at radius 2 is 2.00 bits per heavy atom. The summed E-state index contributed by atoms with van der Waals surface area (Å²) in [6.45, 7) is 6.70. The molecule has 0 aliphatic carbocycles. The van der Waals surface area contributed by atoms with Crippen LogP contribution in [0.25, 0.3) is 0 Å². The van der Waals surface area contributed by atoms with Crippen LogP contribution in [0, 0.1) is 0 Å². The molecular weight excluding hydrogens is 139 g/mol. The molecule has 0 N–H and O–H groups in total. The molecule has 0 fully saturated rings. The quantitative estimate of drug-likeness (QED) is 0.439. The van der Waals surface area contributed by atoms with Crippen LogP contribution in [0.2, 0.25) is 25.4 Å². The molecule has 0 aromatic heterocycles. The molecule has 0 saturated carbocycles. The van der Waals surface area contributed by atoms with Gasteiger partial charge in [-0.2, -0.15) is 0 Å². The summed E-state index contributed by atoms with van der Waals surface area (Å²) in [5, 5.41) is 0. The van der Waals surface area contributed by atoms with Gasteiger partial charge in [-0.3, -0.25) is 0 Å². The smallest absolute Gasteiger partial charge is 0.178 e. The second-order valence-electron chi connectivity index (χ2n) is 3.25. The average Bonchev–Trinajstić information content (AvgIpc) is 1.89. The van der Waals surface area contributed by atoms with E-state index in [2.05, 4.69) is 27.3 Å². The van der Waals surface area contributed by atoms with Gasteiger partial charge in [0.25, 0.3) is 0 Å². The fraction of sp³-hybridized carbons (Fsp3) is 1.00. The maximum absolute atomic E-state index is 5.39. The van der Waals surface area contributed by atoms with Gasteiger partial charge in [0.05, 0.1) is 0 Å². The van der Waals surface area contributed by atoms with E-state index >= 15 is 0 Å². The highest BCUT2D eigenvalue weighted by Gasteiger charge is 2.18. The Morgan fingerprint density at radius 3 is 2.40 bits per heavy atom. The fourth-order valence-electron chi connectivity index (χ4n) is 0.737. The lowest BCUT2D eigenvalue weighted by Gasteiger charge is -2.18. The Balaban J connectivity index is 3.28. The number of hydrogen-bond acceptors (Lipinski definition) is 1. The van der Waals surface area contributed by atoms with Crippen LogP contribution in [0.4, 0.5) is 0 Å². The van der Waals surface area contributed by atoms with Gasteiger partial charge >= 0.3 is 0 Å². The molecule has 0 unspecified atom stereocenters. The monoisotopic (exact) mass is 157 g/mol. The molecule has 59 valence electrons. The van der Waals surface area contributed by atoms with Crippen LogP contribution in [-0.2, 0) is 4.43 Å². The highest BCUT2D eigenvalue weighted by Crippen LogP contribution is 2.09. The van der Waals surface area contributed by atoms with Crippen molar-refractivity contribution in [3.63, 3.8) is 0 Å². The SMILES string of the molecule is CCC[B]C[Si](C)(C)OC. The lowest BCUT2D eigenvalue weighted by atomic mass is 9.76. The topological polar surface area (TPSA) is 9.23 Å². The minimum atomic E-state index is -1.27. The molecule has 0 saturated heterocycles. The maximum atomic E-state index is 5.39. The lowest BCUT2D eigenvalue weighted by Crippen LogP contribution is -2.30. The van der Waals surface area contributed by atoms with Crippen molar-refractivity contribution < 1.29 is 4.43 Å². The highest BCUT2D eigenvalue weighted by atomic mass is 28.4. The first-order valence-corrected chi connectivity index (χ1v) is 7.10. The Morgan fingerprint density at radius 1 is 1.40 bits per heavy atom. The molecule has 10 heavy (non-hydrogen) atoms. The van der Waals surface area contributed by atoms with Gasteiger partial charge in [0.1, 0.15) is 7.28 Å². The molecule has 0 spiro atoms. The zero-order valence-electron chi connectivity index (χ0n) is 7.61. The lowest BCUT2D eigenvalue weighted by molar-refractivity contribution is 0.408. The first kappa shape index (κ1) is 10.2. The van der Waals surface area contributed by atoms with Gasteiger partial charge in [-0.25, -0.2) is 0 Å². The molecule has 0 aromatic carbocycles. The van der Waals surface area contributed by atoms with E-state index in [9.17, 15) is 0 Å². The van der Waals surface area contributed by atoms with E-state index in [1.54, 1.807) is 0 Å². The van der Waals surface area contributed by atoms with Gasteiger partial charge in [-0.1, -0.05) is 25.6 Å². The Hall–Kier alpha value is 0.242. The van der Waals surface area contributed by atoms with Crippen LogP contribution < -0.4 is 0 Å². The van der Waals surface area contributed by atoms with Crippen molar-refractivity contribution in [2.75, 3.05) is 7.11 Å². The van der Waals surface area contributed by atoms with Crippen molar-refractivity contribution in [3.8, 4) is 0 Å². The number of hydrogen-bond donors (Lipinski definition) is 0. The third-order valence-electron chi connectivity index (χ3n) is 1.68. The van der Waals surface area contributed by atoms with Gasteiger partial charge in [0.2, 0.25) is 0 Å². The van der Waals surface area contributed by atoms with Crippen LogP contribution in [-0.4, -0.2) is 22.7 Å². The molecule has 1 radical (unpaired) electrons. The van der Waals surface area contributed by atoms with Crippen molar-refractivity contribution in [1.82, 2.24) is 0 Å². The largest absolute Gasteiger partial charge is 0.421 e. The van der Waals surface area contributed by atoms with Crippen molar-refractivity contribution in [2.24, 2.45) is 0 Å². The van der Waals surface area contributed by atoms with Gasteiger partial charge in [0.15, 0.2) is 8.32 Å². The van der Waals surface area contributed by atoms with Crippen LogP contribution >= 0.6 is 0 Å². The predicted molar refractivity (Wildman–Crippen MR) is 50.2 cm³/mol. The third-order valence-corrected chi connectivity index (χ3v) is 4.06. The van der Waals surface area contributed by atoms with Gasteiger partial charge in [-0.15, -0.1) is 0 Å². The van der Waals surface area contributed by atoms with E-state index in [1.807, 2.05) is 7.11 Å². The molecule has 0 rings (SSSR count). The summed E-state index contributed by atoms with van der Waals surface area (Å²) in [6, 6.07) is 0. The zero-order chi connectivity index (χ0) is 8.04. The second kappa shape index (κ2) is 4.97. The molecule has 0 amide bonds. The summed E-state index contributed by atoms with van der Waals surface area (Å²) in [5.41, 5.74) is 0. The van der Waals surface area contributed by atoms with E-state index in [0.717, 1.165) is 0 Å². The van der Waals surface area contributed by atoms with E-state index in [-0.39, 0.29) is 0 Å². The zero-order valence-corrected chi connectivity index (χ0v) is 8.61. The maximum Gasteiger partial charge on any atom is 0.178 e. The second-order valence-corrected chi connectivity index (χ2v) is 7.58. The molecule has 3 heteroatoms. The van der Waals surface area contributed by atoms with E-state index in [4.69, 9.17) is 4.43 Å². The highest BCUT2D eigenvalue weighted by molar-refractivity contribution is 6.79. The predicted octanol–water partition coefficient (Wildman–Crippen LogP) is 2.33. The molecule has 0 bridgehead atoms. The minimum Gasteiger partial charge on any atom is -0.421 e. The van der Waals surface area contributed by atoms with Crippen LogP contribution in [0.1, 0.15) is 13.3 Å². The summed E-state index contributed by atoms with van der Waals surface area (Å²) in [7, 11) is 2.91. The van der Waals surface area contributed by atoms with Crippen molar-refractivity contribution in [3.05, 3.63) is 0 Å². The standard InChI is InChI=1S/C7H18BOSi/c1-5-6-8-7-10(3,4)9-2/h5-7H2,1-4H3. The third kappa shape index (κ3) is 5.06. The summed E-state index contributed by atoms with van der Waals surface area (Å²) < 4.78 is 5.39. The summed E-state index contributed by atoms with van der Waals surface area (Å²) >= 11 is 0. The normalized spacial score (nSPS) is 11.6. The minimum absolute atomic E-state index is 1.19. The molecule has 0 heterocycles. The molecule has 0 aliphatic rings. The van der Waals surface area contributed by atoms with E-state index < -0.39 is 8.32 Å². The summed E-state index contributed by atoms with van der Waals surface area (Å²) in [4.78, 5) is 0. The van der Waals surface area contributed by atoms with Gasteiger partial charge < -0.3 is 4.43 Å². The van der Waals surface area contributed by atoms with E-state index in [0.29, 0.717) is 0 Å². The average molecular weight is 157 g/mol. The molecule has 0 aliphatic heterocycles. The summed E-state index contributed by atoms with van der Waals surface area (Å²) in [6.07, 6.45) is 2.49. The Kier molecular flexibility index (Phi) is 5.09. The Labute approximate surface area is 66.5 Å². The summed E-state index contributed by atoms with van der Waals surface area (Å²) in [5.74, 6) is 1.19. The molecule has 0 atom stereocenters. The van der Waals surface area contributed by atoms with Crippen LogP contribution in [0.15, 0.2) is 0 Å². The molecule has 1 nitrogen and oxygen atoms in total. The van der Waals surface area contributed by atoms with Crippen LogP contribution in [0.3, 0.4) is 0 Å². The first-order chi connectivity index (χ1) is 4.62. The number of rotatable bonds is 5. The van der Waals surface area contributed by atoms with Gasteiger partial charge in [-0.05, 0) is 13.1 Å². The first-order valence-electron chi connectivity index (χ1n) is 3.99. The van der Waals surface area contributed by atoms with Crippen molar-refractivity contribution in [1.29, 1.82) is 0 Å². The Bertz CT molecular complexity index is 85.7. The molecule has 0 aromatic rings. The van der Waals surface area contributed by atoms with Crippen molar-refractivity contribution >= 4 is 15.6 Å². The van der Waals surface area contributed by atoms with Crippen LogP contribution in [0.5, 0.6) is 0 Å². The molecular formula is C7H18BOSi. The van der Waals surface area contributed by atoms with E-state index in [1.165, 1.54) is 18.7 Å². The van der Waals surface area contributed by atoms with Gasteiger partial charge in [0, 0.05) is 7.11 Å². The van der Waals surface area contributed by atoms with Crippen molar-refractivity contribution in [2.45, 2.75) is 38.7 Å².